The maximum atomic E-state index is 12.0. The van der Waals surface area contributed by atoms with Crippen LogP contribution in [-0.2, 0) is 4.79 Å². The number of rotatable bonds is 3. The van der Waals surface area contributed by atoms with Crippen molar-refractivity contribution in [1.29, 1.82) is 0 Å². The van der Waals surface area contributed by atoms with Crippen LogP contribution in [0.25, 0.3) is 0 Å². The summed E-state index contributed by atoms with van der Waals surface area (Å²) in [5.41, 5.74) is 1.03. The molecule has 1 aliphatic rings. The molecule has 1 unspecified atom stereocenters. The fourth-order valence-corrected chi connectivity index (χ4v) is 2.26. The number of anilines is 1. The Morgan fingerprint density at radius 2 is 1.82 bits per heavy atom. The van der Waals surface area contributed by atoms with Gasteiger partial charge in [0.2, 0.25) is 5.91 Å². The van der Waals surface area contributed by atoms with E-state index in [1.165, 1.54) is 0 Å². The van der Waals surface area contributed by atoms with E-state index in [2.05, 4.69) is 16.0 Å². The lowest BCUT2D eigenvalue weighted by atomic mass is 10.1. The molecular formula is C16H24ClN3O2. The first-order valence-electron chi connectivity index (χ1n) is 7.32. The third-order valence-electron chi connectivity index (χ3n) is 3.28. The highest BCUT2D eigenvalue weighted by Gasteiger charge is 2.22. The number of carbonyl (C=O) groups is 2. The summed E-state index contributed by atoms with van der Waals surface area (Å²) >= 11 is 0. The van der Waals surface area contributed by atoms with Crippen LogP contribution in [-0.4, -0.2) is 29.9 Å². The number of carbonyl (C=O) groups excluding carboxylic acids is 2. The van der Waals surface area contributed by atoms with Crippen LogP contribution in [0, 0.1) is 0 Å². The predicted octanol–water partition coefficient (Wildman–Crippen LogP) is 2.33. The van der Waals surface area contributed by atoms with E-state index < -0.39 is 0 Å². The molecule has 0 spiro atoms. The van der Waals surface area contributed by atoms with Crippen molar-refractivity contribution in [3.8, 4) is 0 Å². The first kappa shape index (κ1) is 18.5. The molecule has 3 N–H and O–H groups in total. The van der Waals surface area contributed by atoms with Crippen LogP contribution < -0.4 is 16.0 Å². The number of halogens is 1. The highest BCUT2D eigenvalue weighted by Crippen LogP contribution is 2.13. The van der Waals surface area contributed by atoms with Crippen molar-refractivity contribution in [2.45, 2.75) is 45.2 Å². The van der Waals surface area contributed by atoms with Crippen molar-refractivity contribution in [2.75, 3.05) is 11.9 Å². The molecule has 1 saturated heterocycles. The Morgan fingerprint density at radius 1 is 1.18 bits per heavy atom. The van der Waals surface area contributed by atoms with Gasteiger partial charge >= 0.3 is 0 Å². The zero-order valence-electron chi connectivity index (χ0n) is 13.2. The topological polar surface area (TPSA) is 70.2 Å². The van der Waals surface area contributed by atoms with Crippen molar-refractivity contribution in [2.24, 2.45) is 0 Å². The van der Waals surface area contributed by atoms with Gasteiger partial charge in [0.15, 0.2) is 0 Å². The Labute approximate surface area is 137 Å². The van der Waals surface area contributed by atoms with Crippen molar-refractivity contribution in [3.05, 3.63) is 29.8 Å². The van der Waals surface area contributed by atoms with Gasteiger partial charge in [0.1, 0.15) is 0 Å². The van der Waals surface area contributed by atoms with E-state index in [4.69, 9.17) is 0 Å². The minimum atomic E-state index is -0.266. The molecule has 0 bridgehead atoms. The molecule has 1 heterocycles. The van der Waals surface area contributed by atoms with Gasteiger partial charge in [-0.05, 0) is 64.4 Å². The average molecular weight is 326 g/mol. The predicted molar refractivity (Wildman–Crippen MR) is 90.6 cm³/mol. The monoisotopic (exact) mass is 325 g/mol. The molecule has 1 aromatic carbocycles. The molecule has 2 rings (SSSR count). The van der Waals surface area contributed by atoms with Crippen molar-refractivity contribution in [3.63, 3.8) is 0 Å². The van der Waals surface area contributed by atoms with Crippen LogP contribution in [0.4, 0.5) is 5.69 Å². The maximum absolute atomic E-state index is 12.0. The summed E-state index contributed by atoms with van der Waals surface area (Å²) in [4.78, 5) is 24.0. The zero-order valence-corrected chi connectivity index (χ0v) is 14.0. The van der Waals surface area contributed by atoms with Gasteiger partial charge in [0.25, 0.3) is 5.91 Å². The Balaban J connectivity index is 0.00000242. The summed E-state index contributed by atoms with van der Waals surface area (Å²) in [6, 6.07) is 6.85. The molecule has 0 saturated carbocycles. The van der Waals surface area contributed by atoms with Crippen molar-refractivity contribution < 1.29 is 9.59 Å². The molecule has 1 aromatic rings. The third kappa shape index (κ3) is 5.31. The quantitative estimate of drug-likeness (QED) is 0.798. The van der Waals surface area contributed by atoms with Gasteiger partial charge in [-0.3, -0.25) is 9.59 Å². The van der Waals surface area contributed by atoms with Gasteiger partial charge < -0.3 is 16.0 Å². The summed E-state index contributed by atoms with van der Waals surface area (Å²) < 4.78 is 0. The first-order valence-corrected chi connectivity index (χ1v) is 7.32. The number of hydrogen-bond donors (Lipinski definition) is 3. The smallest absolute Gasteiger partial charge is 0.251 e. The number of hydrogen-bond acceptors (Lipinski definition) is 3. The van der Waals surface area contributed by atoms with Crippen molar-refractivity contribution in [1.82, 2.24) is 10.6 Å². The van der Waals surface area contributed by atoms with Crippen LogP contribution in [0.5, 0.6) is 0 Å². The van der Waals surface area contributed by atoms with E-state index in [9.17, 15) is 9.59 Å². The Hall–Kier alpha value is -1.59. The summed E-state index contributed by atoms with van der Waals surface area (Å²) in [7, 11) is 0. The summed E-state index contributed by atoms with van der Waals surface area (Å²) in [5, 5.41) is 8.93. The molecule has 1 aliphatic heterocycles. The standard InChI is InChI=1S/C16H23N3O2.ClH/c1-16(2,3)19-14(20)11-6-8-12(9-7-11)18-15(21)13-5-4-10-17-13;/h6-9,13,17H,4-5,10H2,1-3H3,(H,18,21)(H,19,20);1H. The molecule has 6 heteroatoms. The molecule has 0 aromatic heterocycles. The molecular weight excluding hydrogens is 302 g/mol. The second-order valence-electron chi connectivity index (χ2n) is 6.42. The molecule has 1 atom stereocenters. The summed E-state index contributed by atoms with van der Waals surface area (Å²) in [6.45, 7) is 6.71. The molecule has 1 fully saturated rings. The van der Waals surface area contributed by atoms with Crippen LogP contribution in [0.2, 0.25) is 0 Å². The number of nitrogens with one attached hydrogen (secondary N) is 3. The Kier molecular flexibility index (Phi) is 6.38. The molecule has 22 heavy (non-hydrogen) atoms. The highest BCUT2D eigenvalue weighted by molar-refractivity contribution is 5.97. The van der Waals surface area contributed by atoms with Crippen LogP contribution >= 0.6 is 12.4 Å². The zero-order chi connectivity index (χ0) is 15.5. The summed E-state index contributed by atoms with van der Waals surface area (Å²) in [5.74, 6) is -0.128. The molecule has 0 aliphatic carbocycles. The fourth-order valence-electron chi connectivity index (χ4n) is 2.26. The van der Waals surface area contributed by atoms with Crippen LogP contribution in [0.1, 0.15) is 44.0 Å². The van der Waals surface area contributed by atoms with E-state index in [-0.39, 0.29) is 35.8 Å². The molecule has 122 valence electrons. The Morgan fingerprint density at radius 3 is 2.32 bits per heavy atom. The largest absolute Gasteiger partial charge is 0.347 e. The maximum Gasteiger partial charge on any atom is 0.251 e. The average Bonchev–Trinajstić information content (AvgIpc) is 2.91. The van der Waals surface area contributed by atoms with E-state index in [1.807, 2.05) is 20.8 Å². The second kappa shape index (κ2) is 7.61. The van der Waals surface area contributed by atoms with Gasteiger partial charge in [-0.1, -0.05) is 0 Å². The molecule has 2 amide bonds. The lowest BCUT2D eigenvalue weighted by molar-refractivity contribution is -0.117. The van der Waals surface area contributed by atoms with Crippen LogP contribution in [0.3, 0.4) is 0 Å². The van der Waals surface area contributed by atoms with E-state index in [1.54, 1.807) is 24.3 Å². The minimum absolute atomic E-state index is 0. The van der Waals surface area contributed by atoms with Gasteiger partial charge in [-0.2, -0.15) is 0 Å². The third-order valence-corrected chi connectivity index (χ3v) is 3.28. The van der Waals surface area contributed by atoms with Gasteiger partial charge in [0.05, 0.1) is 6.04 Å². The van der Waals surface area contributed by atoms with Crippen molar-refractivity contribution >= 4 is 29.9 Å². The molecule has 0 radical (unpaired) electrons. The highest BCUT2D eigenvalue weighted by atomic mass is 35.5. The normalized spacial score (nSPS) is 17.5. The first-order chi connectivity index (χ1) is 9.85. The minimum Gasteiger partial charge on any atom is -0.347 e. The van der Waals surface area contributed by atoms with E-state index in [0.29, 0.717) is 11.3 Å². The SMILES string of the molecule is CC(C)(C)NC(=O)c1ccc(NC(=O)C2CCCN2)cc1.Cl. The number of benzene rings is 1. The van der Waals surface area contributed by atoms with E-state index in [0.717, 1.165) is 19.4 Å². The van der Waals surface area contributed by atoms with Crippen LogP contribution in [0.15, 0.2) is 24.3 Å². The Bertz CT molecular complexity index is 517. The second-order valence-corrected chi connectivity index (χ2v) is 6.42. The van der Waals surface area contributed by atoms with E-state index >= 15 is 0 Å². The van der Waals surface area contributed by atoms with Gasteiger partial charge in [-0.15, -0.1) is 12.4 Å². The fraction of sp³-hybridized carbons (Fsp3) is 0.500. The lowest BCUT2D eigenvalue weighted by Gasteiger charge is -2.20. The number of amides is 2. The molecule has 5 nitrogen and oxygen atoms in total. The van der Waals surface area contributed by atoms with Gasteiger partial charge in [0, 0.05) is 16.8 Å². The summed E-state index contributed by atoms with van der Waals surface area (Å²) in [6.07, 6.45) is 1.90. The lowest BCUT2D eigenvalue weighted by Crippen LogP contribution is -2.40. The van der Waals surface area contributed by atoms with Gasteiger partial charge in [-0.25, -0.2) is 0 Å².